The second-order valence-electron chi connectivity index (χ2n) is 5.19. The smallest absolute Gasteiger partial charge is 0.508 e. The van der Waals surface area contributed by atoms with Crippen molar-refractivity contribution in [3.8, 4) is 11.5 Å². The molecule has 0 fully saturated rings. The summed E-state index contributed by atoms with van der Waals surface area (Å²) in [4.78, 5) is 12.3. The first kappa shape index (κ1) is 18.0. The minimum atomic E-state index is -3.17. The second-order valence-corrected chi connectivity index (χ2v) is 8.08. The molecule has 0 amide bonds. The van der Waals surface area contributed by atoms with Gasteiger partial charge in [-0.25, -0.2) is 4.79 Å². The molecule has 0 spiro atoms. The summed E-state index contributed by atoms with van der Waals surface area (Å²) in [7, 11) is -0.264. The van der Waals surface area contributed by atoms with Gasteiger partial charge < -0.3 is 23.5 Å². The Labute approximate surface area is 141 Å². The molecular weight excluding hydrogens is 328 g/mol. The topological polar surface area (TPSA) is 85.2 Å². The van der Waals surface area contributed by atoms with Crippen LogP contribution in [0, 0.1) is 0 Å². The quantitative estimate of drug-likeness (QED) is 0.749. The average Bonchev–Trinajstić information content (AvgIpc) is 2.60. The highest BCUT2D eigenvalue weighted by molar-refractivity contribution is 6.62. The van der Waals surface area contributed by atoms with Gasteiger partial charge in [0.15, 0.2) is 0 Å². The van der Waals surface area contributed by atoms with Crippen LogP contribution in [0.5, 0.6) is 11.5 Å². The summed E-state index contributed by atoms with van der Waals surface area (Å²) in [6.07, 6.45) is 0.580. The molecule has 2 N–H and O–H groups in total. The van der Waals surface area contributed by atoms with Gasteiger partial charge in [0.05, 0.1) is 5.56 Å². The number of phenolic OH excluding ortho intramolecular Hbond substituents is 2. The van der Waals surface area contributed by atoms with Crippen molar-refractivity contribution in [2.24, 2.45) is 0 Å². The monoisotopic (exact) mass is 348 g/mol. The normalized spacial score (nSPS) is 11.2. The Morgan fingerprint density at radius 2 is 1.42 bits per heavy atom. The molecular formula is C17H20O6Si. The number of hydrogen-bond donors (Lipinski definition) is 2. The molecule has 0 saturated heterocycles. The van der Waals surface area contributed by atoms with E-state index in [0.29, 0.717) is 18.0 Å². The van der Waals surface area contributed by atoms with Crippen LogP contribution in [0.15, 0.2) is 48.5 Å². The molecule has 0 bridgehead atoms. The molecule has 2 aromatic carbocycles. The molecule has 6 nitrogen and oxygen atoms in total. The van der Waals surface area contributed by atoms with Gasteiger partial charge in [0.1, 0.15) is 11.5 Å². The van der Waals surface area contributed by atoms with E-state index >= 15 is 0 Å². The van der Waals surface area contributed by atoms with Crippen molar-refractivity contribution in [1.29, 1.82) is 0 Å². The zero-order valence-electron chi connectivity index (χ0n) is 13.6. The van der Waals surface area contributed by atoms with Crippen LogP contribution in [0.3, 0.4) is 0 Å². The number of benzene rings is 2. The molecule has 0 heterocycles. The molecule has 2 rings (SSSR count). The number of phenols is 2. The molecule has 128 valence electrons. The third-order valence-electron chi connectivity index (χ3n) is 3.63. The number of aryl methyl sites for hydroxylation is 1. The molecule has 0 radical (unpaired) electrons. The molecule has 0 unspecified atom stereocenters. The fourth-order valence-electron chi connectivity index (χ4n) is 2.18. The van der Waals surface area contributed by atoms with Crippen LogP contribution in [0.1, 0.15) is 15.9 Å². The van der Waals surface area contributed by atoms with Gasteiger partial charge in [0.25, 0.3) is 0 Å². The maximum atomic E-state index is 12.3. The highest BCUT2D eigenvalue weighted by Gasteiger charge is 2.43. The van der Waals surface area contributed by atoms with E-state index in [-0.39, 0.29) is 11.5 Å². The molecule has 7 heteroatoms. The van der Waals surface area contributed by atoms with Crippen LogP contribution in [-0.2, 0) is 19.7 Å². The Bertz CT molecular complexity index is 664. The first-order valence-corrected chi connectivity index (χ1v) is 9.32. The fourth-order valence-corrected chi connectivity index (χ4v) is 4.02. The standard InChI is InChI=1S/C17H20O6Si/c1-21-24(22-2,12-11-13-3-7-15(18)8-4-13)23-17(20)14-5-9-16(19)10-6-14/h3-10,18-19H,11-12H2,1-2H3. The summed E-state index contributed by atoms with van der Waals surface area (Å²) < 4.78 is 16.4. The van der Waals surface area contributed by atoms with Gasteiger partial charge in [-0.3, -0.25) is 0 Å². The lowest BCUT2D eigenvalue weighted by Gasteiger charge is -2.25. The van der Waals surface area contributed by atoms with Crippen molar-refractivity contribution in [1.82, 2.24) is 0 Å². The van der Waals surface area contributed by atoms with E-state index in [4.69, 9.17) is 13.3 Å². The summed E-state index contributed by atoms with van der Waals surface area (Å²) in [6, 6.07) is 13.0. The Morgan fingerprint density at radius 1 is 0.917 bits per heavy atom. The van der Waals surface area contributed by atoms with E-state index in [0.717, 1.165) is 5.56 Å². The molecule has 24 heavy (non-hydrogen) atoms. The largest absolute Gasteiger partial charge is 0.568 e. The maximum absolute atomic E-state index is 12.3. The van der Waals surface area contributed by atoms with E-state index in [2.05, 4.69) is 0 Å². The predicted molar refractivity (Wildman–Crippen MR) is 89.9 cm³/mol. The fraction of sp³-hybridized carbons (Fsp3) is 0.235. The lowest BCUT2D eigenvalue weighted by Crippen LogP contribution is -2.46. The predicted octanol–water partition coefficient (Wildman–Crippen LogP) is 2.73. The Balaban J connectivity index is 2.07. The lowest BCUT2D eigenvalue weighted by molar-refractivity contribution is 0.0516. The Hall–Kier alpha value is -2.35. The lowest BCUT2D eigenvalue weighted by atomic mass is 10.2. The zero-order valence-corrected chi connectivity index (χ0v) is 14.6. The summed E-state index contributed by atoms with van der Waals surface area (Å²) in [6.45, 7) is 0. The zero-order chi connectivity index (χ0) is 17.6. The Morgan fingerprint density at radius 3 is 1.92 bits per heavy atom. The Kier molecular flexibility index (Phi) is 5.97. The summed E-state index contributed by atoms with van der Waals surface area (Å²) >= 11 is 0. The maximum Gasteiger partial charge on any atom is 0.568 e. The molecule has 0 saturated carbocycles. The molecule has 0 aliphatic rings. The van der Waals surface area contributed by atoms with Crippen molar-refractivity contribution < 1.29 is 28.3 Å². The van der Waals surface area contributed by atoms with E-state index < -0.39 is 14.8 Å². The number of rotatable bonds is 7. The van der Waals surface area contributed by atoms with Gasteiger partial charge in [-0.2, -0.15) is 0 Å². The van der Waals surface area contributed by atoms with Gasteiger partial charge in [-0.15, -0.1) is 0 Å². The number of carbonyl (C=O) groups is 1. The highest BCUT2D eigenvalue weighted by Crippen LogP contribution is 2.21. The van der Waals surface area contributed by atoms with Gasteiger partial charge in [-0.1, -0.05) is 12.1 Å². The van der Waals surface area contributed by atoms with Crippen molar-refractivity contribution in [3.63, 3.8) is 0 Å². The van der Waals surface area contributed by atoms with Gasteiger partial charge in [-0.05, 0) is 48.4 Å². The van der Waals surface area contributed by atoms with E-state index in [9.17, 15) is 15.0 Å². The molecule has 0 aromatic heterocycles. The molecule has 0 aliphatic carbocycles. The average molecular weight is 348 g/mol. The van der Waals surface area contributed by atoms with Gasteiger partial charge in [0.2, 0.25) is 0 Å². The highest BCUT2D eigenvalue weighted by atomic mass is 28.4. The number of hydrogen-bond acceptors (Lipinski definition) is 6. The second kappa shape index (κ2) is 7.96. The molecule has 2 aromatic rings. The van der Waals surface area contributed by atoms with Crippen LogP contribution < -0.4 is 0 Å². The van der Waals surface area contributed by atoms with Crippen molar-refractivity contribution in [2.45, 2.75) is 12.5 Å². The summed E-state index contributed by atoms with van der Waals surface area (Å²) in [5, 5.41) is 18.6. The van der Waals surface area contributed by atoms with Crippen LogP contribution in [0.25, 0.3) is 0 Å². The van der Waals surface area contributed by atoms with Crippen molar-refractivity contribution in [3.05, 3.63) is 59.7 Å². The van der Waals surface area contributed by atoms with Crippen LogP contribution >= 0.6 is 0 Å². The number of carbonyl (C=O) groups excluding carboxylic acids is 1. The minimum absolute atomic E-state index is 0.0703. The SMILES string of the molecule is CO[Si](CCc1ccc(O)cc1)(OC)OC(=O)c1ccc(O)cc1. The third-order valence-corrected chi connectivity index (χ3v) is 6.23. The van der Waals surface area contributed by atoms with Gasteiger partial charge in [0, 0.05) is 20.3 Å². The molecule has 0 aliphatic heterocycles. The van der Waals surface area contributed by atoms with E-state index in [1.807, 2.05) is 0 Å². The van der Waals surface area contributed by atoms with Crippen LogP contribution in [0.4, 0.5) is 0 Å². The van der Waals surface area contributed by atoms with Crippen LogP contribution in [0.2, 0.25) is 6.04 Å². The number of aromatic hydroxyl groups is 2. The third kappa shape index (κ3) is 4.57. The van der Waals surface area contributed by atoms with Crippen molar-refractivity contribution >= 4 is 14.8 Å². The minimum Gasteiger partial charge on any atom is -0.508 e. The summed E-state index contributed by atoms with van der Waals surface area (Å²) in [5.74, 6) is -0.295. The molecule has 0 atom stereocenters. The van der Waals surface area contributed by atoms with Crippen molar-refractivity contribution in [2.75, 3.05) is 14.2 Å². The van der Waals surface area contributed by atoms with Gasteiger partial charge >= 0.3 is 14.8 Å². The first-order chi connectivity index (χ1) is 11.5. The van der Waals surface area contributed by atoms with E-state index in [1.165, 1.54) is 38.5 Å². The first-order valence-electron chi connectivity index (χ1n) is 7.38. The summed E-state index contributed by atoms with van der Waals surface area (Å²) in [5.41, 5.74) is 1.28. The van der Waals surface area contributed by atoms with E-state index in [1.54, 1.807) is 24.3 Å². The van der Waals surface area contributed by atoms with Crippen LogP contribution in [-0.4, -0.2) is 39.2 Å².